The van der Waals surface area contributed by atoms with E-state index in [4.69, 9.17) is 18.5 Å². The molecule has 0 heterocycles. The highest BCUT2D eigenvalue weighted by molar-refractivity contribution is 7.45. The van der Waals surface area contributed by atoms with Gasteiger partial charge in [0.15, 0.2) is 6.10 Å². The smallest absolute Gasteiger partial charge is 0.306 e. The standard InChI is InChI=1S/C79H142NO8P/c1-6-8-10-12-14-16-18-20-22-24-26-28-30-32-34-36-38-39-40-42-43-45-47-49-51-53-55-57-59-61-63-65-67-69-71-78(81)85-75-77(76-87-89(83,84)86-74-73-80(3,4)5)88-79(82)72-70-68-66-64-62-60-58-56-54-52-50-48-46-44-41-37-35-33-31-29-27-25-23-21-19-17-15-13-11-9-7-2/h9,11,15,17,21,23,27,29,33,35,41,44,48,50,54,56,77H,6-8,10,12-14,16,18-20,22,24-26,28,30-32,34,36-40,42-43,45-47,49,51-53,55,57-76H2,1-5H3/b11-9-,17-15-,23-21-,29-27-,35-33-,44-41-,50-48-,56-54-. The maximum Gasteiger partial charge on any atom is 0.306 e. The molecule has 9 nitrogen and oxygen atoms in total. The van der Waals surface area contributed by atoms with E-state index in [1.807, 2.05) is 21.1 Å². The number of hydrogen-bond donors (Lipinski definition) is 0. The summed E-state index contributed by atoms with van der Waals surface area (Å²) in [5, 5.41) is 0. The Balaban J connectivity index is 4.03. The Morgan fingerprint density at radius 2 is 0.640 bits per heavy atom. The van der Waals surface area contributed by atoms with Gasteiger partial charge in [0.2, 0.25) is 0 Å². The lowest BCUT2D eigenvalue weighted by molar-refractivity contribution is -0.870. The zero-order chi connectivity index (χ0) is 64.8. The van der Waals surface area contributed by atoms with E-state index in [1.54, 1.807) is 0 Å². The molecule has 0 amide bonds. The van der Waals surface area contributed by atoms with E-state index in [0.29, 0.717) is 17.4 Å². The van der Waals surface area contributed by atoms with Crippen LogP contribution in [0.2, 0.25) is 0 Å². The summed E-state index contributed by atoms with van der Waals surface area (Å²) in [5.74, 6) is -0.842. The second kappa shape index (κ2) is 69.3. The van der Waals surface area contributed by atoms with Gasteiger partial charge in [0.25, 0.3) is 7.82 Å². The number of phosphoric ester groups is 1. The van der Waals surface area contributed by atoms with E-state index in [2.05, 4.69) is 111 Å². The van der Waals surface area contributed by atoms with Gasteiger partial charge in [-0.05, 0) is 77.0 Å². The number of unbranched alkanes of at least 4 members (excludes halogenated alkanes) is 39. The van der Waals surface area contributed by atoms with Crippen molar-refractivity contribution in [1.82, 2.24) is 0 Å². The number of rotatable bonds is 69. The van der Waals surface area contributed by atoms with Gasteiger partial charge in [-0.15, -0.1) is 0 Å². The Morgan fingerprint density at radius 3 is 0.955 bits per heavy atom. The minimum Gasteiger partial charge on any atom is -0.756 e. The summed E-state index contributed by atoms with van der Waals surface area (Å²) in [4.78, 5) is 38.1. The molecule has 2 atom stereocenters. The SMILES string of the molecule is CC/C=C\C/C=C\C/C=C\C/C=C\C/C=C\C/C=C\C/C=C\C/C=C\CCCCCCCCC(=O)OC(COC(=O)CCCCCCCCCCCCCCCCCCCCCCCCCCCCCCCCCCCC)COP(=O)([O-])OCC[N+](C)(C)C. The average Bonchev–Trinajstić information content (AvgIpc) is 3.60. The molecule has 0 saturated heterocycles. The lowest BCUT2D eigenvalue weighted by Crippen LogP contribution is -2.37. The first-order valence-electron chi connectivity index (χ1n) is 37.4. The molecule has 0 aliphatic carbocycles. The minimum absolute atomic E-state index is 0.0371. The molecule has 89 heavy (non-hydrogen) atoms. The van der Waals surface area contributed by atoms with Crippen molar-refractivity contribution in [2.24, 2.45) is 0 Å². The minimum atomic E-state index is -4.65. The van der Waals surface area contributed by atoms with Crippen molar-refractivity contribution in [2.75, 3.05) is 47.5 Å². The fourth-order valence-electron chi connectivity index (χ4n) is 10.7. The molecule has 10 heteroatoms. The third-order valence-corrected chi connectivity index (χ3v) is 17.3. The number of likely N-dealkylation sites (N-methyl/N-ethyl adjacent to an activating group) is 1. The summed E-state index contributed by atoms with van der Waals surface area (Å²) in [7, 11) is 1.16. The van der Waals surface area contributed by atoms with E-state index < -0.39 is 26.5 Å². The van der Waals surface area contributed by atoms with Crippen LogP contribution in [0.15, 0.2) is 97.2 Å². The van der Waals surface area contributed by atoms with Crippen molar-refractivity contribution in [3.8, 4) is 0 Å². The van der Waals surface area contributed by atoms with Gasteiger partial charge in [0.1, 0.15) is 19.8 Å². The first-order valence-corrected chi connectivity index (χ1v) is 38.9. The second-order valence-corrected chi connectivity index (χ2v) is 27.7. The zero-order valence-corrected chi connectivity index (χ0v) is 59.8. The van der Waals surface area contributed by atoms with Gasteiger partial charge in [0.05, 0.1) is 27.7 Å². The summed E-state index contributed by atoms with van der Waals surface area (Å²) >= 11 is 0. The molecular weight excluding hydrogens is 1120 g/mol. The van der Waals surface area contributed by atoms with Gasteiger partial charge >= 0.3 is 11.9 Å². The normalized spacial score (nSPS) is 13.6. The summed E-state index contributed by atoms with van der Waals surface area (Å²) in [6.07, 6.45) is 96.6. The third kappa shape index (κ3) is 73.9. The summed E-state index contributed by atoms with van der Waals surface area (Å²) in [6.45, 7) is 4.15. The van der Waals surface area contributed by atoms with Crippen LogP contribution in [0.3, 0.4) is 0 Å². The number of phosphoric acid groups is 1. The lowest BCUT2D eigenvalue weighted by atomic mass is 10.0. The summed E-state index contributed by atoms with van der Waals surface area (Å²) < 4.78 is 34.3. The van der Waals surface area contributed by atoms with Crippen LogP contribution in [0.1, 0.15) is 341 Å². The highest BCUT2D eigenvalue weighted by Crippen LogP contribution is 2.38. The zero-order valence-electron chi connectivity index (χ0n) is 58.9. The lowest BCUT2D eigenvalue weighted by Gasteiger charge is -2.28. The van der Waals surface area contributed by atoms with Gasteiger partial charge in [0, 0.05) is 12.8 Å². The molecule has 2 unspecified atom stereocenters. The Labute approximate surface area is 551 Å². The number of nitrogens with zero attached hydrogens (tertiary/aromatic N) is 1. The molecule has 0 aromatic heterocycles. The molecule has 0 rings (SSSR count). The second-order valence-electron chi connectivity index (χ2n) is 26.3. The number of quaternary nitrogens is 1. The highest BCUT2D eigenvalue weighted by atomic mass is 31.2. The molecule has 0 aromatic rings. The maximum absolute atomic E-state index is 12.9. The van der Waals surface area contributed by atoms with Gasteiger partial charge in [-0.1, -0.05) is 349 Å². The third-order valence-electron chi connectivity index (χ3n) is 16.4. The first kappa shape index (κ1) is 85.9. The molecule has 0 spiro atoms. The van der Waals surface area contributed by atoms with E-state index in [-0.39, 0.29) is 32.0 Å². The summed E-state index contributed by atoms with van der Waals surface area (Å²) in [5.41, 5.74) is 0. The van der Waals surface area contributed by atoms with Crippen molar-refractivity contribution >= 4 is 19.8 Å². The first-order chi connectivity index (χ1) is 43.5. The monoisotopic (exact) mass is 1260 g/mol. The number of esters is 2. The van der Waals surface area contributed by atoms with Crippen LogP contribution >= 0.6 is 7.82 Å². The van der Waals surface area contributed by atoms with Gasteiger partial charge in [-0.3, -0.25) is 14.2 Å². The molecule has 0 aliphatic heterocycles. The fraction of sp³-hybridized carbons (Fsp3) is 0.772. The van der Waals surface area contributed by atoms with Gasteiger partial charge in [-0.25, -0.2) is 0 Å². The van der Waals surface area contributed by atoms with Gasteiger partial charge in [-0.2, -0.15) is 0 Å². The van der Waals surface area contributed by atoms with Crippen LogP contribution < -0.4 is 4.89 Å². The molecule has 0 saturated carbocycles. The van der Waals surface area contributed by atoms with Crippen molar-refractivity contribution in [2.45, 2.75) is 347 Å². The van der Waals surface area contributed by atoms with E-state index in [1.165, 1.54) is 199 Å². The Hall–Kier alpha value is -3.07. The van der Waals surface area contributed by atoms with Crippen molar-refractivity contribution in [3.05, 3.63) is 97.2 Å². The highest BCUT2D eigenvalue weighted by Gasteiger charge is 2.22. The molecule has 0 radical (unpaired) electrons. The van der Waals surface area contributed by atoms with Crippen molar-refractivity contribution in [1.29, 1.82) is 0 Å². The predicted molar refractivity (Wildman–Crippen MR) is 383 cm³/mol. The van der Waals surface area contributed by atoms with E-state index >= 15 is 0 Å². The molecule has 0 N–H and O–H groups in total. The van der Waals surface area contributed by atoms with Crippen LogP contribution in [0, 0.1) is 0 Å². The van der Waals surface area contributed by atoms with Crippen LogP contribution in [-0.2, 0) is 32.7 Å². The van der Waals surface area contributed by atoms with Crippen molar-refractivity contribution < 1.29 is 42.1 Å². The molecule has 0 aliphatic rings. The van der Waals surface area contributed by atoms with Crippen LogP contribution in [0.4, 0.5) is 0 Å². The molecule has 0 aromatic carbocycles. The summed E-state index contributed by atoms with van der Waals surface area (Å²) in [6, 6.07) is 0. The van der Waals surface area contributed by atoms with Crippen LogP contribution in [-0.4, -0.2) is 70.0 Å². The molecule has 0 bridgehead atoms. The fourth-order valence-corrected chi connectivity index (χ4v) is 11.4. The number of ether oxygens (including phenoxy) is 2. The van der Waals surface area contributed by atoms with Crippen LogP contribution in [0.5, 0.6) is 0 Å². The molecule has 0 fully saturated rings. The molecule has 516 valence electrons. The number of carbonyl (C=O) groups is 2. The Morgan fingerprint density at radius 1 is 0.360 bits per heavy atom. The Bertz CT molecular complexity index is 1820. The number of hydrogen-bond acceptors (Lipinski definition) is 8. The quantitative estimate of drug-likeness (QED) is 0.0195. The van der Waals surface area contributed by atoms with E-state index in [0.717, 1.165) is 109 Å². The van der Waals surface area contributed by atoms with Crippen molar-refractivity contribution in [3.63, 3.8) is 0 Å². The van der Waals surface area contributed by atoms with Crippen LogP contribution in [0.25, 0.3) is 0 Å². The number of allylic oxidation sites excluding steroid dienone is 16. The Kier molecular flexibility index (Phi) is 66.9. The topological polar surface area (TPSA) is 111 Å². The molecular formula is C79H142NO8P. The van der Waals surface area contributed by atoms with E-state index in [9.17, 15) is 19.0 Å². The number of carbonyl (C=O) groups excluding carboxylic acids is 2. The predicted octanol–water partition coefficient (Wildman–Crippen LogP) is 24.0. The van der Waals surface area contributed by atoms with Gasteiger partial charge < -0.3 is 27.9 Å². The maximum atomic E-state index is 12.9. The average molecular weight is 1260 g/mol. The largest absolute Gasteiger partial charge is 0.756 e.